The first-order chi connectivity index (χ1) is 9.61. The molecule has 1 atom stereocenters. The zero-order chi connectivity index (χ0) is 14.5. The van der Waals surface area contributed by atoms with E-state index >= 15 is 0 Å². The van der Waals surface area contributed by atoms with Crippen LogP contribution in [0.4, 0.5) is 0 Å². The first kappa shape index (κ1) is 14.8. The minimum atomic E-state index is 0.184. The molecule has 2 rings (SSSR count). The quantitative estimate of drug-likeness (QED) is 0.368. The van der Waals surface area contributed by atoms with Crippen molar-refractivity contribution in [3.05, 3.63) is 35.4 Å². The van der Waals surface area contributed by atoms with Gasteiger partial charge in [0, 0.05) is 24.7 Å². The maximum atomic E-state index is 8.89. The summed E-state index contributed by atoms with van der Waals surface area (Å²) in [5.41, 5.74) is 7.70. The molecular formula is C15H24N4O. The fraction of sp³-hybridized carbons (Fsp3) is 0.533. The summed E-state index contributed by atoms with van der Waals surface area (Å²) in [6.07, 6.45) is 2.48. The number of oxime groups is 1. The second kappa shape index (κ2) is 6.72. The number of hydrogen-bond donors (Lipinski definition) is 2. The highest BCUT2D eigenvalue weighted by atomic mass is 16.4. The number of benzene rings is 1. The molecule has 0 radical (unpaired) electrons. The third-order valence-corrected chi connectivity index (χ3v) is 3.85. The van der Waals surface area contributed by atoms with Gasteiger partial charge in [0.2, 0.25) is 0 Å². The van der Waals surface area contributed by atoms with Crippen molar-refractivity contribution in [2.75, 3.05) is 27.2 Å². The molecule has 0 spiro atoms. The van der Waals surface area contributed by atoms with E-state index in [-0.39, 0.29) is 5.84 Å². The summed E-state index contributed by atoms with van der Waals surface area (Å²) in [7, 11) is 4.22. The number of rotatable bonds is 5. The van der Waals surface area contributed by atoms with Crippen molar-refractivity contribution < 1.29 is 5.21 Å². The van der Waals surface area contributed by atoms with Crippen LogP contribution in [0.25, 0.3) is 0 Å². The van der Waals surface area contributed by atoms with Crippen molar-refractivity contribution in [1.82, 2.24) is 9.80 Å². The molecular weight excluding hydrogens is 252 g/mol. The van der Waals surface area contributed by atoms with Crippen LogP contribution in [0.1, 0.15) is 24.0 Å². The average molecular weight is 276 g/mol. The molecule has 0 saturated carbocycles. The molecule has 1 aliphatic heterocycles. The monoisotopic (exact) mass is 276 g/mol. The van der Waals surface area contributed by atoms with Gasteiger partial charge >= 0.3 is 0 Å². The van der Waals surface area contributed by atoms with Crippen LogP contribution in [0, 0.1) is 0 Å². The van der Waals surface area contributed by atoms with E-state index in [1.54, 1.807) is 0 Å². The normalized spacial score (nSPS) is 20.8. The minimum Gasteiger partial charge on any atom is -0.409 e. The molecule has 20 heavy (non-hydrogen) atoms. The SMILES string of the molecule is CN(C)CC1CCCN1Cc1ccccc1C(N)=NO. The number of likely N-dealkylation sites (N-methyl/N-ethyl adjacent to an activating group) is 1. The first-order valence-corrected chi connectivity index (χ1v) is 7.06. The lowest BCUT2D eigenvalue weighted by Gasteiger charge is -2.27. The molecule has 1 heterocycles. The van der Waals surface area contributed by atoms with Gasteiger partial charge < -0.3 is 15.8 Å². The molecule has 1 saturated heterocycles. The van der Waals surface area contributed by atoms with E-state index in [2.05, 4.69) is 35.1 Å². The van der Waals surface area contributed by atoms with Crippen LogP contribution < -0.4 is 5.73 Å². The zero-order valence-corrected chi connectivity index (χ0v) is 12.3. The molecule has 0 aromatic heterocycles. The highest BCUT2D eigenvalue weighted by Crippen LogP contribution is 2.22. The third kappa shape index (κ3) is 3.49. The lowest BCUT2D eigenvalue weighted by atomic mass is 10.1. The van der Waals surface area contributed by atoms with E-state index in [4.69, 9.17) is 10.9 Å². The van der Waals surface area contributed by atoms with E-state index in [9.17, 15) is 0 Å². The van der Waals surface area contributed by atoms with Crippen LogP contribution in [-0.4, -0.2) is 54.1 Å². The van der Waals surface area contributed by atoms with E-state index in [1.807, 2.05) is 18.2 Å². The number of nitrogens with two attached hydrogens (primary N) is 1. The zero-order valence-electron chi connectivity index (χ0n) is 12.3. The summed E-state index contributed by atoms with van der Waals surface area (Å²) >= 11 is 0. The van der Waals surface area contributed by atoms with Crippen LogP contribution >= 0.6 is 0 Å². The Balaban J connectivity index is 2.13. The standard InChI is InChI=1S/C15H24N4O/c1-18(2)11-13-7-5-9-19(13)10-12-6-3-4-8-14(12)15(16)17-20/h3-4,6,8,13,20H,5,7,9-11H2,1-2H3,(H2,16,17). The van der Waals surface area contributed by atoms with Crippen molar-refractivity contribution in [3.8, 4) is 0 Å². The molecule has 3 N–H and O–H groups in total. The van der Waals surface area contributed by atoms with Crippen molar-refractivity contribution in [2.24, 2.45) is 10.9 Å². The van der Waals surface area contributed by atoms with Gasteiger partial charge in [-0.05, 0) is 39.0 Å². The Hall–Kier alpha value is -1.59. The molecule has 1 unspecified atom stereocenters. The van der Waals surface area contributed by atoms with Gasteiger partial charge in [-0.1, -0.05) is 29.4 Å². The summed E-state index contributed by atoms with van der Waals surface area (Å²) < 4.78 is 0. The van der Waals surface area contributed by atoms with Gasteiger partial charge in [-0.3, -0.25) is 4.90 Å². The summed E-state index contributed by atoms with van der Waals surface area (Å²) in [5, 5.41) is 12.0. The van der Waals surface area contributed by atoms with Gasteiger partial charge in [0.15, 0.2) is 5.84 Å². The van der Waals surface area contributed by atoms with E-state index in [0.29, 0.717) is 6.04 Å². The minimum absolute atomic E-state index is 0.184. The highest BCUT2D eigenvalue weighted by molar-refractivity contribution is 5.98. The van der Waals surface area contributed by atoms with Gasteiger partial charge in [0.1, 0.15) is 0 Å². The highest BCUT2D eigenvalue weighted by Gasteiger charge is 2.25. The van der Waals surface area contributed by atoms with Crippen LogP contribution in [-0.2, 0) is 6.54 Å². The van der Waals surface area contributed by atoms with Gasteiger partial charge in [0.25, 0.3) is 0 Å². The summed E-state index contributed by atoms with van der Waals surface area (Å²) in [5.74, 6) is 0.184. The molecule has 0 amide bonds. The number of likely N-dealkylation sites (tertiary alicyclic amines) is 1. The van der Waals surface area contributed by atoms with Crippen molar-refractivity contribution in [2.45, 2.75) is 25.4 Å². The number of nitrogens with zero attached hydrogens (tertiary/aromatic N) is 3. The van der Waals surface area contributed by atoms with Gasteiger partial charge in [-0.15, -0.1) is 0 Å². The van der Waals surface area contributed by atoms with Gasteiger partial charge in [-0.2, -0.15) is 0 Å². The molecule has 1 aliphatic rings. The molecule has 1 aromatic rings. The average Bonchev–Trinajstić information content (AvgIpc) is 2.85. The maximum absolute atomic E-state index is 8.89. The smallest absolute Gasteiger partial charge is 0.170 e. The van der Waals surface area contributed by atoms with Crippen molar-refractivity contribution >= 4 is 5.84 Å². The molecule has 0 aliphatic carbocycles. The Kier molecular flexibility index (Phi) is 4.98. The van der Waals surface area contributed by atoms with Gasteiger partial charge in [-0.25, -0.2) is 0 Å². The Morgan fingerprint density at radius 1 is 1.45 bits per heavy atom. The first-order valence-electron chi connectivity index (χ1n) is 7.06. The molecule has 5 nitrogen and oxygen atoms in total. The van der Waals surface area contributed by atoms with Crippen molar-refractivity contribution in [3.63, 3.8) is 0 Å². The predicted molar refractivity (Wildman–Crippen MR) is 80.9 cm³/mol. The van der Waals surface area contributed by atoms with Gasteiger partial charge in [0.05, 0.1) is 0 Å². The Morgan fingerprint density at radius 2 is 2.20 bits per heavy atom. The lowest BCUT2D eigenvalue weighted by molar-refractivity contribution is 0.201. The Bertz CT molecular complexity index is 473. The van der Waals surface area contributed by atoms with Crippen molar-refractivity contribution in [1.29, 1.82) is 0 Å². The molecule has 0 bridgehead atoms. The lowest BCUT2D eigenvalue weighted by Crippen LogP contribution is -2.37. The topological polar surface area (TPSA) is 65.1 Å². The molecule has 1 fully saturated rings. The fourth-order valence-electron chi connectivity index (χ4n) is 2.91. The Labute approximate surface area is 120 Å². The number of hydrogen-bond acceptors (Lipinski definition) is 4. The van der Waals surface area contributed by atoms with E-state index < -0.39 is 0 Å². The largest absolute Gasteiger partial charge is 0.409 e. The molecule has 110 valence electrons. The van der Waals surface area contributed by atoms with Crippen LogP contribution in [0.5, 0.6) is 0 Å². The molecule has 5 heteroatoms. The second-order valence-electron chi connectivity index (χ2n) is 5.67. The Morgan fingerprint density at radius 3 is 2.90 bits per heavy atom. The van der Waals surface area contributed by atoms with Crippen LogP contribution in [0.2, 0.25) is 0 Å². The molecule has 1 aromatic carbocycles. The fourth-order valence-corrected chi connectivity index (χ4v) is 2.91. The second-order valence-corrected chi connectivity index (χ2v) is 5.67. The van der Waals surface area contributed by atoms with E-state index in [0.717, 1.165) is 30.8 Å². The maximum Gasteiger partial charge on any atom is 0.170 e. The predicted octanol–water partition coefficient (Wildman–Crippen LogP) is 1.31. The van der Waals surface area contributed by atoms with Crippen LogP contribution in [0.15, 0.2) is 29.4 Å². The third-order valence-electron chi connectivity index (χ3n) is 3.85. The summed E-state index contributed by atoms with van der Waals surface area (Å²) in [6.45, 7) is 3.04. The van der Waals surface area contributed by atoms with E-state index in [1.165, 1.54) is 12.8 Å². The summed E-state index contributed by atoms with van der Waals surface area (Å²) in [4.78, 5) is 4.72. The summed E-state index contributed by atoms with van der Waals surface area (Å²) in [6, 6.07) is 8.46. The number of amidine groups is 1. The van der Waals surface area contributed by atoms with Crippen LogP contribution in [0.3, 0.4) is 0 Å².